The molecule has 3 rings (SSSR count). The molecule has 0 saturated carbocycles. The molecule has 0 atom stereocenters. The zero-order chi connectivity index (χ0) is 21.7. The number of rotatable bonds is 9. The number of carbonyl (C=O) groups excluding carboxylic acids is 1. The van der Waals surface area contributed by atoms with Crippen LogP contribution in [0.3, 0.4) is 0 Å². The third-order valence-corrected chi connectivity index (χ3v) is 6.17. The summed E-state index contributed by atoms with van der Waals surface area (Å²) >= 11 is 0. The molecule has 30 heavy (non-hydrogen) atoms. The number of sulfonamides is 1. The van der Waals surface area contributed by atoms with Crippen molar-refractivity contribution in [1.29, 1.82) is 0 Å². The van der Waals surface area contributed by atoms with Crippen LogP contribution in [0.15, 0.2) is 54.7 Å². The van der Waals surface area contributed by atoms with E-state index in [0.717, 1.165) is 22.2 Å². The molecule has 0 fully saturated rings. The predicted molar refractivity (Wildman–Crippen MR) is 118 cm³/mol. The molecule has 8 heteroatoms. The van der Waals surface area contributed by atoms with Crippen LogP contribution in [0.1, 0.15) is 25.0 Å². The fourth-order valence-electron chi connectivity index (χ4n) is 3.32. The lowest BCUT2D eigenvalue weighted by Gasteiger charge is -2.13. The molecule has 1 amide bonds. The fraction of sp³-hybridized carbons (Fsp3) is 0.318. The third-order valence-electron chi connectivity index (χ3n) is 4.65. The molecule has 0 radical (unpaired) electrons. The van der Waals surface area contributed by atoms with Crippen LogP contribution in [0, 0.1) is 0 Å². The van der Waals surface area contributed by atoms with Crippen LogP contribution in [0.4, 0.5) is 0 Å². The summed E-state index contributed by atoms with van der Waals surface area (Å²) in [6, 6.07) is 14.7. The SMILES string of the molecule is COc1ccc2c(ccn2CC(=O)NCc2ccccc2CS(=O)(=O)NC(C)C)c1. The summed E-state index contributed by atoms with van der Waals surface area (Å²) in [6.07, 6.45) is 1.86. The summed E-state index contributed by atoms with van der Waals surface area (Å²) in [5, 5.41) is 3.89. The van der Waals surface area contributed by atoms with Crippen molar-refractivity contribution in [3.63, 3.8) is 0 Å². The highest BCUT2D eigenvalue weighted by Gasteiger charge is 2.16. The highest BCUT2D eigenvalue weighted by atomic mass is 32.2. The molecule has 0 bridgehead atoms. The molecule has 1 aromatic heterocycles. The van der Waals surface area contributed by atoms with Gasteiger partial charge in [0.1, 0.15) is 12.3 Å². The van der Waals surface area contributed by atoms with E-state index in [-0.39, 0.29) is 30.8 Å². The molecular weight excluding hydrogens is 402 g/mol. The van der Waals surface area contributed by atoms with Gasteiger partial charge in [0.15, 0.2) is 0 Å². The Hall–Kier alpha value is -2.84. The molecule has 2 N–H and O–H groups in total. The Morgan fingerprint density at radius 1 is 1.10 bits per heavy atom. The molecule has 3 aromatic rings. The summed E-state index contributed by atoms with van der Waals surface area (Å²) in [6.45, 7) is 4.00. The fourth-order valence-corrected chi connectivity index (χ4v) is 4.82. The number of methoxy groups -OCH3 is 1. The van der Waals surface area contributed by atoms with Crippen molar-refractivity contribution in [3.8, 4) is 5.75 Å². The van der Waals surface area contributed by atoms with Crippen molar-refractivity contribution in [1.82, 2.24) is 14.6 Å². The van der Waals surface area contributed by atoms with Gasteiger partial charge >= 0.3 is 0 Å². The first kappa shape index (κ1) is 21.9. The van der Waals surface area contributed by atoms with E-state index in [0.29, 0.717) is 5.56 Å². The van der Waals surface area contributed by atoms with Gasteiger partial charge in [-0.05, 0) is 49.2 Å². The zero-order valence-electron chi connectivity index (χ0n) is 17.4. The molecule has 0 saturated heterocycles. The van der Waals surface area contributed by atoms with E-state index in [1.165, 1.54) is 0 Å². The van der Waals surface area contributed by atoms with E-state index in [1.807, 2.05) is 47.2 Å². The van der Waals surface area contributed by atoms with Crippen molar-refractivity contribution in [2.75, 3.05) is 7.11 Å². The zero-order valence-corrected chi connectivity index (χ0v) is 18.2. The second kappa shape index (κ2) is 9.32. The maximum Gasteiger partial charge on any atom is 0.240 e. The lowest BCUT2D eigenvalue weighted by atomic mass is 10.1. The van der Waals surface area contributed by atoms with Crippen LogP contribution in [0.5, 0.6) is 5.75 Å². The van der Waals surface area contributed by atoms with Crippen LogP contribution < -0.4 is 14.8 Å². The van der Waals surface area contributed by atoms with Crippen LogP contribution in [0.2, 0.25) is 0 Å². The first-order valence-electron chi connectivity index (χ1n) is 9.74. The monoisotopic (exact) mass is 429 g/mol. The summed E-state index contributed by atoms with van der Waals surface area (Å²) < 4.78 is 34.2. The van der Waals surface area contributed by atoms with E-state index in [1.54, 1.807) is 33.1 Å². The minimum absolute atomic E-state index is 0.124. The highest BCUT2D eigenvalue weighted by Crippen LogP contribution is 2.21. The number of hydrogen-bond acceptors (Lipinski definition) is 4. The number of nitrogens with one attached hydrogen (secondary N) is 2. The Morgan fingerprint density at radius 3 is 2.53 bits per heavy atom. The Bertz CT molecular complexity index is 1140. The number of hydrogen-bond donors (Lipinski definition) is 2. The number of ether oxygens (including phenoxy) is 1. The number of fused-ring (bicyclic) bond motifs is 1. The lowest BCUT2D eigenvalue weighted by Crippen LogP contribution is -2.32. The molecule has 0 aliphatic heterocycles. The van der Waals surface area contributed by atoms with E-state index < -0.39 is 10.0 Å². The van der Waals surface area contributed by atoms with Crippen molar-refractivity contribution in [2.24, 2.45) is 0 Å². The molecular formula is C22H27N3O4S. The van der Waals surface area contributed by atoms with Crippen molar-refractivity contribution in [2.45, 2.75) is 38.7 Å². The largest absolute Gasteiger partial charge is 0.497 e. The van der Waals surface area contributed by atoms with Crippen LogP contribution in [-0.2, 0) is 33.7 Å². The van der Waals surface area contributed by atoms with Crippen molar-refractivity contribution >= 4 is 26.8 Å². The molecule has 0 aliphatic carbocycles. The molecule has 160 valence electrons. The Labute approximate surface area is 177 Å². The second-order valence-electron chi connectivity index (χ2n) is 7.45. The Balaban J connectivity index is 1.66. The average Bonchev–Trinajstić information content (AvgIpc) is 3.07. The smallest absolute Gasteiger partial charge is 0.240 e. The maximum absolute atomic E-state index is 12.5. The molecule has 0 unspecified atom stereocenters. The van der Waals surface area contributed by atoms with Gasteiger partial charge in [-0.1, -0.05) is 24.3 Å². The predicted octanol–water partition coefficient (Wildman–Crippen LogP) is 2.79. The molecule has 0 aliphatic rings. The summed E-state index contributed by atoms with van der Waals surface area (Å²) in [7, 11) is -1.82. The summed E-state index contributed by atoms with van der Waals surface area (Å²) in [4.78, 5) is 12.5. The van der Waals surface area contributed by atoms with Gasteiger partial charge in [-0.2, -0.15) is 0 Å². The van der Waals surface area contributed by atoms with Crippen molar-refractivity contribution < 1.29 is 17.9 Å². The minimum Gasteiger partial charge on any atom is -0.497 e. The van der Waals surface area contributed by atoms with E-state index in [4.69, 9.17) is 4.74 Å². The molecule has 7 nitrogen and oxygen atoms in total. The molecule has 2 aromatic carbocycles. The maximum atomic E-state index is 12.5. The number of amides is 1. The van der Waals surface area contributed by atoms with Gasteiger partial charge in [0, 0.05) is 29.7 Å². The quantitative estimate of drug-likeness (QED) is 0.547. The third kappa shape index (κ3) is 5.61. The molecule has 1 heterocycles. The summed E-state index contributed by atoms with van der Waals surface area (Å²) in [5.74, 6) is 0.492. The van der Waals surface area contributed by atoms with Crippen LogP contribution in [-0.4, -0.2) is 32.0 Å². The van der Waals surface area contributed by atoms with E-state index in [9.17, 15) is 13.2 Å². The number of aromatic nitrogens is 1. The van der Waals surface area contributed by atoms with Gasteiger partial charge < -0.3 is 14.6 Å². The Kier molecular flexibility index (Phi) is 6.79. The first-order valence-corrected chi connectivity index (χ1v) is 11.4. The van der Waals surface area contributed by atoms with Gasteiger partial charge in [0.05, 0.1) is 12.9 Å². The van der Waals surface area contributed by atoms with E-state index in [2.05, 4.69) is 10.0 Å². The number of benzene rings is 2. The van der Waals surface area contributed by atoms with Crippen LogP contribution in [0.25, 0.3) is 10.9 Å². The molecule has 0 spiro atoms. The van der Waals surface area contributed by atoms with Crippen molar-refractivity contribution in [3.05, 3.63) is 65.9 Å². The van der Waals surface area contributed by atoms with E-state index >= 15 is 0 Å². The van der Waals surface area contributed by atoms with Gasteiger partial charge in [0.25, 0.3) is 0 Å². The van der Waals surface area contributed by atoms with Gasteiger partial charge in [-0.15, -0.1) is 0 Å². The second-order valence-corrected chi connectivity index (χ2v) is 9.20. The lowest BCUT2D eigenvalue weighted by molar-refractivity contribution is -0.121. The normalized spacial score (nSPS) is 11.7. The highest BCUT2D eigenvalue weighted by molar-refractivity contribution is 7.88. The first-order chi connectivity index (χ1) is 14.3. The van der Waals surface area contributed by atoms with Gasteiger partial charge in [-0.3, -0.25) is 4.79 Å². The minimum atomic E-state index is -3.44. The topological polar surface area (TPSA) is 89.4 Å². The van der Waals surface area contributed by atoms with Crippen LogP contribution >= 0.6 is 0 Å². The Morgan fingerprint density at radius 2 is 1.83 bits per heavy atom. The summed E-state index contributed by atoms with van der Waals surface area (Å²) in [5.41, 5.74) is 2.39. The van der Waals surface area contributed by atoms with Gasteiger partial charge in [0.2, 0.25) is 15.9 Å². The standard InChI is InChI=1S/C22H27N3O4S/c1-16(2)24-30(27,28)15-19-7-5-4-6-18(19)13-23-22(26)14-25-11-10-17-12-20(29-3)8-9-21(17)25/h4-12,16,24H,13-15H2,1-3H3,(H,23,26). The average molecular weight is 430 g/mol. The number of nitrogens with zero attached hydrogens (tertiary/aromatic N) is 1. The van der Waals surface area contributed by atoms with Gasteiger partial charge in [-0.25, -0.2) is 13.1 Å². The number of carbonyl (C=O) groups is 1.